The first-order valence-electron chi connectivity index (χ1n) is 6.92. The molecule has 0 radical (unpaired) electrons. The molecule has 0 spiro atoms. The van der Waals surface area contributed by atoms with Gasteiger partial charge in [0.2, 0.25) is 0 Å². The van der Waals surface area contributed by atoms with E-state index in [0.717, 1.165) is 35.7 Å². The number of hydrogen-bond acceptors (Lipinski definition) is 3. The van der Waals surface area contributed by atoms with E-state index in [0.29, 0.717) is 0 Å². The molecule has 0 amide bonds. The molecule has 20 heavy (non-hydrogen) atoms. The van der Waals surface area contributed by atoms with Crippen LogP contribution in [0, 0.1) is 13.8 Å². The highest BCUT2D eigenvalue weighted by Gasteiger charge is 2.09. The monoisotopic (exact) mass is 273 g/mol. The Morgan fingerprint density at radius 3 is 2.60 bits per heavy atom. The van der Waals surface area contributed by atoms with E-state index < -0.39 is 0 Å². The van der Waals surface area contributed by atoms with Crippen molar-refractivity contribution in [1.82, 2.24) is 9.78 Å². The minimum Gasteiger partial charge on any atom is -0.496 e. The largest absolute Gasteiger partial charge is 0.496 e. The molecule has 2 N–H and O–H groups in total. The van der Waals surface area contributed by atoms with Gasteiger partial charge in [-0.1, -0.05) is 12.1 Å². The summed E-state index contributed by atoms with van der Waals surface area (Å²) >= 11 is 0. The van der Waals surface area contributed by atoms with Gasteiger partial charge in [-0.15, -0.1) is 0 Å². The van der Waals surface area contributed by atoms with Crippen LogP contribution in [-0.4, -0.2) is 22.9 Å². The molecular weight excluding hydrogens is 250 g/mol. The fraction of sp³-hybridized carbons (Fsp3) is 0.438. The normalized spacial score (nSPS) is 12.4. The SMILES string of the molecule is COc1ccc(CC(C)N)cc1Cn1nc(C)cc1C. The highest BCUT2D eigenvalue weighted by atomic mass is 16.5. The minimum absolute atomic E-state index is 0.157. The second kappa shape index (κ2) is 6.09. The van der Waals surface area contributed by atoms with E-state index in [2.05, 4.69) is 30.2 Å². The van der Waals surface area contributed by atoms with E-state index in [4.69, 9.17) is 10.5 Å². The van der Waals surface area contributed by atoms with Crippen molar-refractivity contribution < 1.29 is 4.74 Å². The van der Waals surface area contributed by atoms with Gasteiger partial charge in [-0.05, 0) is 44.9 Å². The Labute approximate surface area is 120 Å². The molecule has 0 aliphatic heterocycles. The summed E-state index contributed by atoms with van der Waals surface area (Å²) in [7, 11) is 1.70. The summed E-state index contributed by atoms with van der Waals surface area (Å²) in [5.41, 5.74) is 10.4. The third-order valence-corrected chi connectivity index (χ3v) is 3.33. The molecule has 1 aromatic carbocycles. The maximum atomic E-state index is 5.88. The van der Waals surface area contributed by atoms with Crippen molar-refractivity contribution >= 4 is 0 Å². The lowest BCUT2D eigenvalue weighted by Crippen LogP contribution is -2.18. The second-order valence-corrected chi connectivity index (χ2v) is 5.41. The zero-order chi connectivity index (χ0) is 14.7. The topological polar surface area (TPSA) is 53.1 Å². The standard InChI is InChI=1S/C16H23N3O/c1-11(17)7-14-5-6-16(20-4)15(9-14)10-19-13(3)8-12(2)18-19/h5-6,8-9,11H,7,10,17H2,1-4H3. The van der Waals surface area contributed by atoms with Crippen molar-refractivity contribution in [3.63, 3.8) is 0 Å². The molecule has 0 aliphatic carbocycles. The number of methoxy groups -OCH3 is 1. The van der Waals surface area contributed by atoms with E-state index in [1.165, 1.54) is 5.56 Å². The molecule has 0 fully saturated rings. The lowest BCUT2D eigenvalue weighted by atomic mass is 10.0. The summed E-state index contributed by atoms with van der Waals surface area (Å²) in [4.78, 5) is 0. The van der Waals surface area contributed by atoms with Crippen molar-refractivity contribution in [2.75, 3.05) is 7.11 Å². The molecule has 0 saturated carbocycles. The van der Waals surface area contributed by atoms with E-state index in [1.54, 1.807) is 7.11 Å². The van der Waals surface area contributed by atoms with Crippen molar-refractivity contribution in [3.8, 4) is 5.75 Å². The van der Waals surface area contributed by atoms with Crippen LogP contribution in [0.1, 0.15) is 29.4 Å². The molecule has 2 aromatic rings. The van der Waals surface area contributed by atoms with Gasteiger partial charge in [0.15, 0.2) is 0 Å². The number of nitrogens with zero attached hydrogens (tertiary/aromatic N) is 2. The smallest absolute Gasteiger partial charge is 0.123 e. The average Bonchev–Trinajstić information content (AvgIpc) is 2.67. The molecule has 0 aliphatic rings. The van der Waals surface area contributed by atoms with E-state index in [1.807, 2.05) is 24.6 Å². The van der Waals surface area contributed by atoms with Crippen molar-refractivity contribution in [2.45, 2.75) is 39.8 Å². The first kappa shape index (κ1) is 14.6. The van der Waals surface area contributed by atoms with Crippen LogP contribution in [0.15, 0.2) is 24.3 Å². The van der Waals surface area contributed by atoms with Crippen LogP contribution in [0.5, 0.6) is 5.75 Å². The molecular formula is C16H23N3O. The van der Waals surface area contributed by atoms with E-state index >= 15 is 0 Å². The maximum absolute atomic E-state index is 5.88. The number of rotatable bonds is 5. The van der Waals surface area contributed by atoms with Crippen molar-refractivity contribution in [2.24, 2.45) is 5.73 Å². The van der Waals surface area contributed by atoms with Crippen molar-refractivity contribution in [1.29, 1.82) is 0 Å². The second-order valence-electron chi connectivity index (χ2n) is 5.41. The van der Waals surface area contributed by atoms with Gasteiger partial charge in [0.05, 0.1) is 19.3 Å². The highest BCUT2D eigenvalue weighted by molar-refractivity contribution is 5.38. The molecule has 1 aromatic heterocycles. The fourth-order valence-corrected chi connectivity index (χ4v) is 2.45. The van der Waals surface area contributed by atoms with Crippen LogP contribution in [-0.2, 0) is 13.0 Å². The average molecular weight is 273 g/mol. The number of nitrogens with two attached hydrogens (primary N) is 1. The number of hydrogen-bond donors (Lipinski definition) is 1. The van der Waals surface area contributed by atoms with Crippen LogP contribution in [0.2, 0.25) is 0 Å². The molecule has 4 nitrogen and oxygen atoms in total. The Morgan fingerprint density at radius 2 is 2.05 bits per heavy atom. The van der Waals surface area contributed by atoms with Gasteiger partial charge >= 0.3 is 0 Å². The lowest BCUT2D eigenvalue weighted by molar-refractivity contribution is 0.407. The Morgan fingerprint density at radius 1 is 1.30 bits per heavy atom. The summed E-state index contributed by atoms with van der Waals surface area (Å²) < 4.78 is 7.45. The van der Waals surface area contributed by atoms with Crippen LogP contribution in [0.25, 0.3) is 0 Å². The molecule has 1 heterocycles. The van der Waals surface area contributed by atoms with E-state index in [9.17, 15) is 0 Å². The summed E-state index contributed by atoms with van der Waals surface area (Å²) in [6, 6.07) is 8.49. The quantitative estimate of drug-likeness (QED) is 0.910. The molecule has 4 heteroatoms. The molecule has 2 rings (SSSR count). The molecule has 1 atom stereocenters. The van der Waals surface area contributed by atoms with Crippen LogP contribution in [0.3, 0.4) is 0 Å². The van der Waals surface area contributed by atoms with Gasteiger partial charge in [-0.3, -0.25) is 4.68 Å². The van der Waals surface area contributed by atoms with Gasteiger partial charge in [0, 0.05) is 17.3 Å². The van der Waals surface area contributed by atoms with Crippen molar-refractivity contribution in [3.05, 3.63) is 46.8 Å². The molecule has 1 unspecified atom stereocenters. The third-order valence-electron chi connectivity index (χ3n) is 3.33. The maximum Gasteiger partial charge on any atom is 0.123 e. The molecule has 0 saturated heterocycles. The minimum atomic E-state index is 0.157. The van der Waals surface area contributed by atoms with Gasteiger partial charge in [0.1, 0.15) is 5.75 Å². The highest BCUT2D eigenvalue weighted by Crippen LogP contribution is 2.22. The Bertz CT molecular complexity index is 587. The summed E-state index contributed by atoms with van der Waals surface area (Å²) in [5, 5.41) is 4.51. The van der Waals surface area contributed by atoms with E-state index in [-0.39, 0.29) is 6.04 Å². The van der Waals surface area contributed by atoms with Gasteiger partial charge in [-0.25, -0.2) is 0 Å². The summed E-state index contributed by atoms with van der Waals surface area (Å²) in [6.45, 7) is 6.81. The number of aryl methyl sites for hydroxylation is 2. The molecule has 108 valence electrons. The number of aromatic nitrogens is 2. The summed E-state index contributed by atoms with van der Waals surface area (Å²) in [6.07, 6.45) is 0.869. The van der Waals surface area contributed by atoms with Crippen LogP contribution < -0.4 is 10.5 Å². The fourth-order valence-electron chi connectivity index (χ4n) is 2.45. The zero-order valence-corrected chi connectivity index (χ0v) is 12.7. The van der Waals surface area contributed by atoms with Gasteiger partial charge < -0.3 is 10.5 Å². The van der Waals surface area contributed by atoms with Crippen LogP contribution >= 0.6 is 0 Å². The van der Waals surface area contributed by atoms with Gasteiger partial charge in [0.25, 0.3) is 0 Å². The first-order valence-corrected chi connectivity index (χ1v) is 6.92. The predicted octanol–water partition coefficient (Wildman–Crippen LogP) is 2.45. The summed E-state index contributed by atoms with van der Waals surface area (Å²) in [5.74, 6) is 0.894. The molecule has 0 bridgehead atoms. The Kier molecular flexibility index (Phi) is 4.45. The number of ether oxygens (including phenoxy) is 1. The lowest BCUT2D eigenvalue weighted by Gasteiger charge is -2.13. The predicted molar refractivity (Wildman–Crippen MR) is 81.2 cm³/mol. The number of benzene rings is 1. The Hall–Kier alpha value is -1.81. The third kappa shape index (κ3) is 3.39. The zero-order valence-electron chi connectivity index (χ0n) is 12.7. The van der Waals surface area contributed by atoms with Gasteiger partial charge in [-0.2, -0.15) is 5.10 Å². The first-order chi connectivity index (χ1) is 9.49. The van der Waals surface area contributed by atoms with Crippen LogP contribution in [0.4, 0.5) is 0 Å². The Balaban J connectivity index is 2.30.